The highest BCUT2D eigenvalue weighted by molar-refractivity contribution is 5.23. The first kappa shape index (κ1) is 15.0. The molecule has 1 N–H and O–H groups in total. The number of nitrogens with one attached hydrogen (secondary N) is 1. The van der Waals surface area contributed by atoms with E-state index in [2.05, 4.69) is 20.4 Å². The van der Waals surface area contributed by atoms with E-state index in [1.165, 1.54) is 12.1 Å². The van der Waals surface area contributed by atoms with Crippen molar-refractivity contribution < 1.29 is 8.78 Å². The fraction of sp³-hybridized carbons (Fsp3) is 0.571. The topological polar surface area (TPSA) is 40.0 Å². The third-order valence-electron chi connectivity index (χ3n) is 3.54. The second kappa shape index (κ2) is 6.85. The van der Waals surface area contributed by atoms with Gasteiger partial charge in [0.15, 0.2) is 0 Å². The van der Waals surface area contributed by atoms with Crippen LogP contribution in [0.15, 0.2) is 28.4 Å². The first-order chi connectivity index (χ1) is 9.61. The smallest absolute Gasteiger partial charge is 0.131 e. The maximum atomic E-state index is 13.9. The van der Waals surface area contributed by atoms with Gasteiger partial charge in [0.2, 0.25) is 0 Å². The summed E-state index contributed by atoms with van der Waals surface area (Å²) in [6.07, 6.45) is 0. The highest BCUT2D eigenvalue weighted by Gasteiger charge is 2.30. The third-order valence-corrected chi connectivity index (χ3v) is 3.54. The van der Waals surface area contributed by atoms with Gasteiger partial charge in [-0.1, -0.05) is 6.07 Å². The Morgan fingerprint density at radius 1 is 1.40 bits per heavy atom. The molecule has 0 aromatic heterocycles. The predicted molar refractivity (Wildman–Crippen MR) is 73.7 cm³/mol. The van der Waals surface area contributed by atoms with E-state index in [1.807, 2.05) is 14.1 Å². The second-order valence-electron chi connectivity index (χ2n) is 5.18. The minimum absolute atomic E-state index is 0.136. The lowest BCUT2D eigenvalue weighted by molar-refractivity contribution is 0.270. The summed E-state index contributed by atoms with van der Waals surface area (Å²) < 4.78 is 26.8. The van der Waals surface area contributed by atoms with E-state index in [9.17, 15) is 8.78 Å². The van der Waals surface area contributed by atoms with Gasteiger partial charge in [-0.15, -0.1) is 0 Å². The molecule has 2 unspecified atom stereocenters. The molecule has 20 heavy (non-hydrogen) atoms. The largest absolute Gasteiger partial charge is 0.318 e. The summed E-state index contributed by atoms with van der Waals surface area (Å²) in [5.41, 5.74) is 0.430. The van der Waals surface area contributed by atoms with Crippen LogP contribution in [0.4, 0.5) is 8.78 Å². The van der Waals surface area contributed by atoms with Gasteiger partial charge in [-0.05, 0) is 20.2 Å². The molecule has 0 radical (unpaired) electrons. The van der Waals surface area contributed by atoms with Crippen LogP contribution in [0.5, 0.6) is 0 Å². The molecule has 1 aromatic rings. The summed E-state index contributed by atoms with van der Waals surface area (Å²) in [5, 5.41) is 11.3. The summed E-state index contributed by atoms with van der Waals surface area (Å²) in [6.45, 7) is 3.18. The van der Waals surface area contributed by atoms with Crippen LogP contribution in [-0.2, 0) is 0 Å². The zero-order chi connectivity index (χ0) is 14.5. The number of azo groups is 1. The molecular weight excluding hydrogens is 262 g/mol. The molecule has 1 aliphatic heterocycles. The van der Waals surface area contributed by atoms with Crippen LogP contribution in [0, 0.1) is 17.6 Å². The Morgan fingerprint density at radius 2 is 2.20 bits per heavy atom. The van der Waals surface area contributed by atoms with Crippen LogP contribution in [0.2, 0.25) is 0 Å². The first-order valence-electron chi connectivity index (χ1n) is 6.76. The molecule has 4 nitrogen and oxygen atoms in total. The van der Waals surface area contributed by atoms with Gasteiger partial charge in [-0.2, -0.15) is 10.2 Å². The van der Waals surface area contributed by atoms with Gasteiger partial charge >= 0.3 is 0 Å². The predicted octanol–water partition coefficient (Wildman–Crippen LogP) is 2.24. The molecular formula is C14H20F2N4. The lowest BCUT2D eigenvalue weighted by atomic mass is 9.93. The molecule has 1 heterocycles. The normalized spacial score (nSPS) is 21.9. The van der Waals surface area contributed by atoms with Crippen LogP contribution in [0.3, 0.4) is 0 Å². The van der Waals surface area contributed by atoms with Crippen molar-refractivity contribution in [2.45, 2.75) is 6.04 Å². The van der Waals surface area contributed by atoms with Crippen molar-refractivity contribution in [3.8, 4) is 0 Å². The fourth-order valence-electron chi connectivity index (χ4n) is 2.44. The van der Waals surface area contributed by atoms with Crippen LogP contribution >= 0.6 is 0 Å². The molecule has 2 rings (SSSR count). The molecule has 0 saturated heterocycles. The number of benzene rings is 1. The van der Waals surface area contributed by atoms with Gasteiger partial charge in [0.25, 0.3) is 0 Å². The molecule has 1 aromatic carbocycles. The molecule has 0 amide bonds. The zero-order valence-electron chi connectivity index (χ0n) is 11.8. The van der Waals surface area contributed by atoms with E-state index in [0.717, 1.165) is 25.7 Å². The summed E-state index contributed by atoms with van der Waals surface area (Å²) in [7, 11) is 3.93. The quantitative estimate of drug-likeness (QED) is 0.869. The number of halogens is 2. The van der Waals surface area contributed by atoms with E-state index < -0.39 is 11.6 Å². The Kier molecular flexibility index (Phi) is 5.14. The third kappa shape index (κ3) is 3.58. The molecule has 1 aliphatic rings. The lowest BCUT2D eigenvalue weighted by Gasteiger charge is -2.23. The minimum Gasteiger partial charge on any atom is -0.318 e. The van der Waals surface area contributed by atoms with Gasteiger partial charge in [0.1, 0.15) is 17.7 Å². The van der Waals surface area contributed by atoms with Crippen LogP contribution in [0.1, 0.15) is 11.6 Å². The van der Waals surface area contributed by atoms with Gasteiger partial charge in [0, 0.05) is 37.2 Å². The average molecular weight is 282 g/mol. The number of rotatable bonds is 6. The minimum atomic E-state index is -0.566. The van der Waals surface area contributed by atoms with Crippen molar-refractivity contribution >= 4 is 0 Å². The maximum Gasteiger partial charge on any atom is 0.131 e. The van der Waals surface area contributed by atoms with Crippen LogP contribution < -0.4 is 5.32 Å². The number of nitrogens with zero attached hydrogens (tertiary/aromatic N) is 3. The van der Waals surface area contributed by atoms with E-state index in [1.54, 1.807) is 0 Å². The van der Waals surface area contributed by atoms with Gasteiger partial charge in [0.05, 0.1) is 6.54 Å². The van der Waals surface area contributed by atoms with E-state index in [-0.39, 0.29) is 12.0 Å². The Hall–Kier alpha value is -1.40. The molecule has 0 bridgehead atoms. The number of likely N-dealkylation sites (N-methyl/N-ethyl adjacent to an activating group) is 2. The van der Waals surface area contributed by atoms with Gasteiger partial charge in [-0.3, -0.25) is 0 Å². The molecule has 0 saturated carbocycles. The van der Waals surface area contributed by atoms with Crippen molar-refractivity contribution in [3.63, 3.8) is 0 Å². The lowest BCUT2D eigenvalue weighted by Crippen LogP contribution is -2.33. The van der Waals surface area contributed by atoms with Crippen molar-refractivity contribution in [2.75, 3.05) is 40.3 Å². The average Bonchev–Trinajstić information content (AvgIpc) is 2.84. The molecule has 6 heteroatoms. The molecule has 0 fully saturated rings. The highest BCUT2D eigenvalue weighted by atomic mass is 19.1. The summed E-state index contributed by atoms with van der Waals surface area (Å²) in [4.78, 5) is 2.17. The summed E-state index contributed by atoms with van der Waals surface area (Å²) >= 11 is 0. The zero-order valence-corrected chi connectivity index (χ0v) is 11.8. The Balaban J connectivity index is 2.04. The monoisotopic (exact) mass is 282 g/mol. The molecule has 2 atom stereocenters. The van der Waals surface area contributed by atoms with Gasteiger partial charge < -0.3 is 10.2 Å². The van der Waals surface area contributed by atoms with Gasteiger partial charge in [-0.25, -0.2) is 8.78 Å². The number of hydrogen-bond acceptors (Lipinski definition) is 4. The molecule has 0 aliphatic carbocycles. The Bertz CT molecular complexity index is 478. The van der Waals surface area contributed by atoms with Crippen molar-refractivity contribution in [2.24, 2.45) is 16.1 Å². The molecule has 0 spiro atoms. The van der Waals surface area contributed by atoms with E-state index in [4.69, 9.17) is 0 Å². The summed E-state index contributed by atoms with van der Waals surface area (Å²) in [6, 6.07) is 3.34. The van der Waals surface area contributed by atoms with Crippen LogP contribution in [0.25, 0.3) is 0 Å². The van der Waals surface area contributed by atoms with E-state index in [0.29, 0.717) is 12.1 Å². The van der Waals surface area contributed by atoms with Crippen molar-refractivity contribution in [3.05, 3.63) is 35.4 Å². The first-order valence-corrected chi connectivity index (χ1v) is 6.76. The van der Waals surface area contributed by atoms with Crippen molar-refractivity contribution in [1.29, 1.82) is 0 Å². The molecule has 110 valence electrons. The Morgan fingerprint density at radius 3 is 2.90 bits per heavy atom. The second-order valence-corrected chi connectivity index (χ2v) is 5.18. The fourth-order valence-corrected chi connectivity index (χ4v) is 2.44. The Labute approximate surface area is 117 Å². The van der Waals surface area contributed by atoms with Crippen LogP contribution in [-0.4, -0.2) is 45.2 Å². The number of hydrogen-bond donors (Lipinski definition) is 1. The standard InChI is InChI=1S/C14H20F2N4/c1-17-5-6-20(2)9-10-8-18-19-14(10)12-4-3-11(15)7-13(12)16/h3-4,7,10,14,17H,5-6,8-9H2,1-2H3. The maximum absolute atomic E-state index is 13.9. The van der Waals surface area contributed by atoms with E-state index >= 15 is 0 Å². The highest BCUT2D eigenvalue weighted by Crippen LogP contribution is 2.33. The summed E-state index contributed by atoms with van der Waals surface area (Å²) in [5.74, 6) is -0.973. The van der Waals surface area contributed by atoms with Crippen molar-refractivity contribution in [1.82, 2.24) is 10.2 Å². The SMILES string of the molecule is CNCCN(C)CC1CN=NC1c1ccc(F)cc1F.